The van der Waals surface area contributed by atoms with Crippen LogP contribution in [0.25, 0.3) is 0 Å². The fourth-order valence-corrected chi connectivity index (χ4v) is 6.10. The number of nitrogens with two attached hydrogens (primary N) is 1. The largest absolute Gasteiger partial charge is 0.351 e. The van der Waals surface area contributed by atoms with Crippen molar-refractivity contribution >= 4 is 0 Å². The molecule has 2 N–H and O–H groups in total. The van der Waals surface area contributed by atoms with Gasteiger partial charge in [0.15, 0.2) is 0 Å². The SMILES string of the molecule is Cc1c(CCN)cc(C23CC4CC(CC(C4)C2)C3)n1C. The summed E-state index contributed by atoms with van der Waals surface area (Å²) in [6.45, 7) is 3.04. The summed E-state index contributed by atoms with van der Waals surface area (Å²) < 4.78 is 2.50. The zero-order chi connectivity index (χ0) is 13.9. The minimum atomic E-state index is 0.515. The molecule has 4 aliphatic rings. The number of rotatable bonds is 3. The van der Waals surface area contributed by atoms with Gasteiger partial charge >= 0.3 is 0 Å². The quantitative estimate of drug-likeness (QED) is 0.899. The highest BCUT2D eigenvalue weighted by atomic mass is 15.0. The predicted octanol–water partition coefficient (Wildman–Crippen LogP) is 3.30. The first-order valence-electron chi connectivity index (χ1n) is 8.47. The molecule has 0 radical (unpaired) electrons. The molecule has 0 saturated heterocycles. The minimum Gasteiger partial charge on any atom is -0.351 e. The topological polar surface area (TPSA) is 30.9 Å². The highest BCUT2D eigenvalue weighted by Crippen LogP contribution is 2.60. The molecule has 1 aromatic heterocycles. The Bertz CT molecular complexity index is 490. The number of hydrogen-bond donors (Lipinski definition) is 1. The molecular weight excluding hydrogens is 244 g/mol. The molecule has 0 aromatic carbocycles. The van der Waals surface area contributed by atoms with Crippen molar-refractivity contribution in [1.82, 2.24) is 4.57 Å². The zero-order valence-electron chi connectivity index (χ0n) is 13.0. The van der Waals surface area contributed by atoms with Gasteiger partial charge in [0.1, 0.15) is 0 Å². The summed E-state index contributed by atoms with van der Waals surface area (Å²) in [6, 6.07) is 2.51. The van der Waals surface area contributed by atoms with Crippen LogP contribution in [-0.4, -0.2) is 11.1 Å². The van der Waals surface area contributed by atoms with Crippen molar-refractivity contribution in [3.8, 4) is 0 Å². The van der Waals surface area contributed by atoms with Gasteiger partial charge in [0.2, 0.25) is 0 Å². The van der Waals surface area contributed by atoms with Crippen LogP contribution in [0.1, 0.15) is 55.5 Å². The van der Waals surface area contributed by atoms with E-state index in [4.69, 9.17) is 5.73 Å². The Hall–Kier alpha value is -0.760. The molecule has 1 aromatic rings. The third-order valence-electron chi connectivity index (χ3n) is 6.64. The molecule has 4 saturated carbocycles. The van der Waals surface area contributed by atoms with Gasteiger partial charge in [0.05, 0.1) is 0 Å². The molecule has 1 heterocycles. The Kier molecular flexibility index (Phi) is 2.82. The molecule has 4 bridgehead atoms. The second kappa shape index (κ2) is 4.37. The van der Waals surface area contributed by atoms with Gasteiger partial charge in [-0.1, -0.05) is 0 Å². The smallest absolute Gasteiger partial charge is 0.0239 e. The van der Waals surface area contributed by atoms with E-state index in [-0.39, 0.29) is 0 Å². The van der Waals surface area contributed by atoms with E-state index in [1.165, 1.54) is 49.8 Å². The average Bonchev–Trinajstić information content (AvgIpc) is 2.67. The van der Waals surface area contributed by atoms with E-state index in [0.717, 1.165) is 30.7 Å². The van der Waals surface area contributed by atoms with Gasteiger partial charge in [0.25, 0.3) is 0 Å². The lowest BCUT2D eigenvalue weighted by Crippen LogP contribution is -2.49. The van der Waals surface area contributed by atoms with Gasteiger partial charge in [-0.2, -0.15) is 0 Å². The molecule has 0 spiro atoms. The van der Waals surface area contributed by atoms with Crippen LogP contribution in [-0.2, 0) is 18.9 Å². The Labute approximate surface area is 122 Å². The standard InChI is InChI=1S/C18H28N2/c1-12-16(3-4-19)8-17(20(12)2)18-9-13-5-14(10-18)7-15(6-13)11-18/h8,13-15H,3-7,9-11,19H2,1-2H3. The minimum absolute atomic E-state index is 0.515. The van der Waals surface area contributed by atoms with E-state index < -0.39 is 0 Å². The lowest BCUT2D eigenvalue weighted by molar-refractivity contribution is -0.00848. The van der Waals surface area contributed by atoms with Crippen molar-refractivity contribution in [2.24, 2.45) is 30.5 Å². The molecule has 0 aliphatic heterocycles. The lowest BCUT2D eigenvalue weighted by Gasteiger charge is -2.57. The van der Waals surface area contributed by atoms with Gasteiger partial charge in [-0.3, -0.25) is 0 Å². The fourth-order valence-electron chi connectivity index (χ4n) is 6.10. The molecule has 0 amide bonds. The lowest BCUT2D eigenvalue weighted by atomic mass is 9.49. The van der Waals surface area contributed by atoms with Crippen molar-refractivity contribution in [3.63, 3.8) is 0 Å². The van der Waals surface area contributed by atoms with Crippen molar-refractivity contribution in [3.05, 3.63) is 23.0 Å². The fraction of sp³-hybridized carbons (Fsp3) is 0.778. The van der Waals surface area contributed by atoms with E-state index in [1.54, 1.807) is 5.69 Å². The maximum atomic E-state index is 5.79. The van der Waals surface area contributed by atoms with E-state index in [1.807, 2.05) is 0 Å². The van der Waals surface area contributed by atoms with Gasteiger partial charge in [-0.15, -0.1) is 0 Å². The summed E-state index contributed by atoms with van der Waals surface area (Å²) >= 11 is 0. The normalized spacial score (nSPS) is 38.6. The van der Waals surface area contributed by atoms with Crippen LogP contribution in [0.15, 0.2) is 6.07 Å². The highest BCUT2D eigenvalue weighted by Gasteiger charge is 2.52. The monoisotopic (exact) mass is 272 g/mol. The van der Waals surface area contributed by atoms with Crippen LogP contribution in [0.2, 0.25) is 0 Å². The molecule has 5 rings (SSSR count). The zero-order valence-corrected chi connectivity index (χ0v) is 13.0. The first-order chi connectivity index (χ1) is 9.61. The average molecular weight is 272 g/mol. The molecule has 0 unspecified atom stereocenters. The molecule has 4 aliphatic carbocycles. The maximum Gasteiger partial charge on any atom is 0.0239 e. The molecule has 110 valence electrons. The third-order valence-corrected chi connectivity index (χ3v) is 6.64. The number of hydrogen-bond acceptors (Lipinski definition) is 1. The van der Waals surface area contributed by atoms with E-state index in [9.17, 15) is 0 Å². The van der Waals surface area contributed by atoms with E-state index >= 15 is 0 Å². The van der Waals surface area contributed by atoms with E-state index in [2.05, 4.69) is 24.6 Å². The van der Waals surface area contributed by atoms with Crippen molar-refractivity contribution in [2.75, 3.05) is 6.54 Å². The summed E-state index contributed by atoms with van der Waals surface area (Å²) in [5.74, 6) is 3.07. The Morgan fingerprint density at radius 2 is 1.70 bits per heavy atom. The van der Waals surface area contributed by atoms with Gasteiger partial charge in [-0.05, 0) is 87.8 Å². The van der Waals surface area contributed by atoms with Crippen molar-refractivity contribution in [2.45, 2.75) is 57.3 Å². The van der Waals surface area contributed by atoms with Crippen molar-refractivity contribution in [1.29, 1.82) is 0 Å². The second-order valence-electron chi connectivity index (χ2n) is 7.94. The summed E-state index contributed by atoms with van der Waals surface area (Å²) in [5.41, 5.74) is 10.9. The molecule has 20 heavy (non-hydrogen) atoms. The van der Waals surface area contributed by atoms with Crippen molar-refractivity contribution < 1.29 is 0 Å². The molecule has 4 fully saturated rings. The summed E-state index contributed by atoms with van der Waals surface area (Å²) in [5, 5.41) is 0. The summed E-state index contributed by atoms with van der Waals surface area (Å²) in [6.07, 6.45) is 9.98. The van der Waals surface area contributed by atoms with Crippen LogP contribution in [0.5, 0.6) is 0 Å². The van der Waals surface area contributed by atoms with Crippen LogP contribution < -0.4 is 5.73 Å². The Morgan fingerprint density at radius 3 is 2.20 bits per heavy atom. The Balaban J connectivity index is 1.75. The second-order valence-corrected chi connectivity index (χ2v) is 7.94. The maximum absolute atomic E-state index is 5.79. The molecule has 2 nitrogen and oxygen atoms in total. The summed E-state index contributed by atoms with van der Waals surface area (Å²) in [7, 11) is 2.28. The predicted molar refractivity (Wildman–Crippen MR) is 82.8 cm³/mol. The first kappa shape index (κ1) is 12.9. The highest BCUT2D eigenvalue weighted by molar-refractivity contribution is 5.34. The number of aromatic nitrogens is 1. The first-order valence-corrected chi connectivity index (χ1v) is 8.47. The number of nitrogens with zero attached hydrogens (tertiary/aromatic N) is 1. The molecular formula is C18H28N2. The Morgan fingerprint density at radius 1 is 1.15 bits per heavy atom. The molecule has 2 heteroatoms. The summed E-state index contributed by atoms with van der Waals surface area (Å²) in [4.78, 5) is 0. The van der Waals surface area contributed by atoms with Crippen LogP contribution in [0, 0.1) is 24.7 Å². The van der Waals surface area contributed by atoms with Gasteiger partial charge < -0.3 is 10.3 Å². The van der Waals surface area contributed by atoms with Crippen LogP contribution >= 0.6 is 0 Å². The van der Waals surface area contributed by atoms with E-state index in [0.29, 0.717) is 5.41 Å². The third kappa shape index (κ3) is 1.73. The van der Waals surface area contributed by atoms with Gasteiger partial charge in [-0.25, -0.2) is 0 Å². The molecule has 0 atom stereocenters. The van der Waals surface area contributed by atoms with Crippen LogP contribution in [0.3, 0.4) is 0 Å². The van der Waals surface area contributed by atoms with Gasteiger partial charge in [0, 0.05) is 23.9 Å². The van der Waals surface area contributed by atoms with Crippen LogP contribution in [0.4, 0.5) is 0 Å².